The van der Waals surface area contributed by atoms with Crippen molar-refractivity contribution >= 4 is 5.91 Å². The lowest BCUT2D eigenvalue weighted by molar-refractivity contribution is -0.119. The summed E-state index contributed by atoms with van der Waals surface area (Å²) in [5.41, 5.74) is 0. The first kappa shape index (κ1) is 20.3. The molecule has 0 aromatic carbocycles. The van der Waals surface area contributed by atoms with Gasteiger partial charge in [-0.15, -0.1) is 0 Å². The number of rotatable bonds is 16. The van der Waals surface area contributed by atoms with Crippen molar-refractivity contribution in [2.75, 3.05) is 72.6 Å². The van der Waals surface area contributed by atoms with Crippen LogP contribution in [-0.2, 0) is 28.5 Å². The third-order valence-electron chi connectivity index (χ3n) is 2.31. The molecule has 0 saturated heterocycles. The van der Waals surface area contributed by atoms with Gasteiger partial charge < -0.3 is 29.0 Å². The quantitative estimate of drug-likeness (QED) is 0.411. The summed E-state index contributed by atoms with van der Waals surface area (Å²) in [4.78, 5) is 10.6. The van der Waals surface area contributed by atoms with Crippen LogP contribution in [0.5, 0.6) is 0 Å². The van der Waals surface area contributed by atoms with Gasteiger partial charge >= 0.3 is 0 Å². The Bertz CT molecular complexity index is 228. The lowest BCUT2D eigenvalue weighted by Crippen LogP contribution is -2.25. The van der Waals surface area contributed by atoms with E-state index in [1.54, 1.807) is 0 Å². The van der Waals surface area contributed by atoms with Crippen LogP contribution in [0.15, 0.2) is 0 Å². The van der Waals surface area contributed by atoms with E-state index in [1.807, 2.05) is 6.92 Å². The van der Waals surface area contributed by atoms with E-state index in [1.165, 1.54) is 6.92 Å². The molecule has 0 bridgehead atoms. The summed E-state index contributed by atoms with van der Waals surface area (Å²) >= 11 is 0. The molecule has 0 spiro atoms. The van der Waals surface area contributed by atoms with Gasteiger partial charge in [-0.1, -0.05) is 0 Å². The Hall–Kier alpha value is -0.730. The number of hydrogen-bond acceptors (Lipinski definition) is 6. The normalized spacial score (nSPS) is 10.8. The molecule has 1 amide bonds. The highest BCUT2D eigenvalue weighted by Gasteiger charge is 1.93. The van der Waals surface area contributed by atoms with Crippen molar-refractivity contribution in [2.45, 2.75) is 13.8 Å². The molecule has 0 saturated carbocycles. The minimum atomic E-state index is -0.0473. The van der Waals surface area contributed by atoms with E-state index < -0.39 is 0 Å². The van der Waals surface area contributed by atoms with Crippen LogP contribution in [0.4, 0.5) is 0 Å². The summed E-state index contributed by atoms with van der Waals surface area (Å²) in [6.07, 6.45) is 0. The Morgan fingerprint density at radius 2 is 1.10 bits per heavy atom. The summed E-state index contributed by atoms with van der Waals surface area (Å²) in [6, 6.07) is 0. The van der Waals surface area contributed by atoms with Crippen molar-refractivity contribution in [2.24, 2.45) is 0 Å². The van der Waals surface area contributed by atoms with E-state index in [0.717, 1.165) is 0 Å². The van der Waals surface area contributed by atoms with Gasteiger partial charge in [0.25, 0.3) is 0 Å². The van der Waals surface area contributed by atoms with Gasteiger partial charge in [0.2, 0.25) is 5.91 Å². The second-order valence-corrected chi connectivity index (χ2v) is 4.13. The predicted octanol–water partition coefficient (Wildman–Crippen LogP) is 0.225. The van der Waals surface area contributed by atoms with Crippen LogP contribution >= 0.6 is 0 Å². The highest BCUT2D eigenvalue weighted by atomic mass is 16.6. The fourth-order valence-electron chi connectivity index (χ4n) is 1.32. The van der Waals surface area contributed by atoms with E-state index in [9.17, 15) is 4.79 Å². The van der Waals surface area contributed by atoms with Crippen LogP contribution in [-0.4, -0.2) is 78.5 Å². The maximum absolute atomic E-state index is 10.6. The molecule has 0 fully saturated rings. The Morgan fingerprint density at radius 3 is 1.48 bits per heavy atom. The van der Waals surface area contributed by atoms with Gasteiger partial charge in [-0.25, -0.2) is 0 Å². The molecule has 1 N–H and O–H groups in total. The topological polar surface area (TPSA) is 75.2 Å². The third kappa shape index (κ3) is 19.3. The van der Waals surface area contributed by atoms with E-state index in [4.69, 9.17) is 23.7 Å². The van der Waals surface area contributed by atoms with Crippen LogP contribution < -0.4 is 5.32 Å². The lowest BCUT2D eigenvalue weighted by atomic mass is 10.6. The zero-order chi connectivity index (χ0) is 15.6. The largest absolute Gasteiger partial charge is 0.379 e. The zero-order valence-electron chi connectivity index (χ0n) is 13.2. The van der Waals surface area contributed by atoms with Crippen LogP contribution in [0.25, 0.3) is 0 Å². The number of carbonyl (C=O) groups excluding carboxylic acids is 1. The monoisotopic (exact) mass is 307 g/mol. The van der Waals surface area contributed by atoms with Gasteiger partial charge in [-0.3, -0.25) is 4.79 Å². The minimum absolute atomic E-state index is 0.0473. The van der Waals surface area contributed by atoms with Crippen molar-refractivity contribution in [1.29, 1.82) is 0 Å². The van der Waals surface area contributed by atoms with Gasteiger partial charge in [0, 0.05) is 20.1 Å². The summed E-state index contributed by atoms with van der Waals surface area (Å²) in [7, 11) is 0. The van der Waals surface area contributed by atoms with Crippen LogP contribution in [0, 0.1) is 0 Å². The van der Waals surface area contributed by atoms with Crippen molar-refractivity contribution in [3.63, 3.8) is 0 Å². The molecule has 0 aliphatic carbocycles. The Balaban J connectivity index is 2.95. The van der Waals surface area contributed by atoms with Crippen molar-refractivity contribution < 1.29 is 28.5 Å². The third-order valence-corrected chi connectivity index (χ3v) is 2.31. The molecule has 0 aliphatic heterocycles. The van der Waals surface area contributed by atoms with Gasteiger partial charge in [-0.2, -0.15) is 0 Å². The van der Waals surface area contributed by atoms with Crippen molar-refractivity contribution in [3.8, 4) is 0 Å². The fraction of sp³-hybridized carbons (Fsp3) is 0.929. The van der Waals surface area contributed by atoms with Crippen LogP contribution in [0.2, 0.25) is 0 Å². The highest BCUT2D eigenvalue weighted by Crippen LogP contribution is 1.83. The van der Waals surface area contributed by atoms with E-state index in [0.29, 0.717) is 72.6 Å². The first-order valence-corrected chi connectivity index (χ1v) is 7.40. The first-order chi connectivity index (χ1) is 10.3. The summed E-state index contributed by atoms with van der Waals surface area (Å²) < 4.78 is 26.3. The molecule has 0 aromatic heterocycles. The number of amides is 1. The summed E-state index contributed by atoms with van der Waals surface area (Å²) in [6.45, 7) is 9.65. The number of hydrogen-bond donors (Lipinski definition) is 1. The smallest absolute Gasteiger partial charge is 0.216 e. The number of carbonyl (C=O) groups is 1. The summed E-state index contributed by atoms with van der Waals surface area (Å²) in [5, 5.41) is 2.65. The molecular weight excluding hydrogens is 278 g/mol. The summed E-state index contributed by atoms with van der Waals surface area (Å²) in [5.74, 6) is -0.0473. The fourth-order valence-corrected chi connectivity index (χ4v) is 1.32. The lowest BCUT2D eigenvalue weighted by Gasteiger charge is -2.07. The standard InChI is InChI=1S/C14H29NO6/c1-3-17-6-7-19-10-11-21-13-12-20-9-8-18-5-4-15-14(2)16/h3-13H2,1-2H3,(H,15,16). The maximum Gasteiger partial charge on any atom is 0.216 e. The molecule has 7 nitrogen and oxygen atoms in total. The molecule has 0 aliphatic rings. The predicted molar refractivity (Wildman–Crippen MR) is 78.5 cm³/mol. The molecule has 0 unspecified atom stereocenters. The Morgan fingerprint density at radius 1 is 0.714 bits per heavy atom. The number of nitrogens with one attached hydrogen (secondary N) is 1. The molecule has 126 valence electrons. The molecular formula is C14H29NO6. The molecule has 0 aromatic rings. The Kier molecular flexibility index (Phi) is 16.7. The highest BCUT2D eigenvalue weighted by molar-refractivity contribution is 5.72. The van der Waals surface area contributed by atoms with Crippen molar-refractivity contribution in [3.05, 3.63) is 0 Å². The molecule has 0 radical (unpaired) electrons. The molecule has 21 heavy (non-hydrogen) atoms. The zero-order valence-corrected chi connectivity index (χ0v) is 13.2. The van der Waals surface area contributed by atoms with E-state index in [2.05, 4.69) is 5.32 Å². The molecule has 0 atom stereocenters. The minimum Gasteiger partial charge on any atom is -0.379 e. The van der Waals surface area contributed by atoms with Gasteiger partial charge in [0.15, 0.2) is 0 Å². The second kappa shape index (κ2) is 17.3. The van der Waals surface area contributed by atoms with Gasteiger partial charge in [-0.05, 0) is 6.92 Å². The SMILES string of the molecule is CCOCCOCCOCCOCCOCCNC(C)=O. The van der Waals surface area contributed by atoms with Crippen molar-refractivity contribution in [1.82, 2.24) is 5.32 Å². The van der Waals surface area contributed by atoms with Crippen LogP contribution in [0.1, 0.15) is 13.8 Å². The average molecular weight is 307 g/mol. The molecule has 7 heteroatoms. The van der Waals surface area contributed by atoms with E-state index in [-0.39, 0.29) is 5.91 Å². The van der Waals surface area contributed by atoms with Gasteiger partial charge in [0.05, 0.1) is 59.5 Å². The van der Waals surface area contributed by atoms with E-state index >= 15 is 0 Å². The average Bonchev–Trinajstić information content (AvgIpc) is 2.46. The number of ether oxygens (including phenoxy) is 5. The second-order valence-electron chi connectivity index (χ2n) is 4.13. The Labute approximate surface area is 127 Å². The van der Waals surface area contributed by atoms with Gasteiger partial charge in [0.1, 0.15) is 0 Å². The molecule has 0 heterocycles. The molecule has 0 rings (SSSR count). The first-order valence-electron chi connectivity index (χ1n) is 7.40. The van der Waals surface area contributed by atoms with Crippen LogP contribution in [0.3, 0.4) is 0 Å². The maximum atomic E-state index is 10.6.